The van der Waals surface area contributed by atoms with E-state index in [2.05, 4.69) is 5.32 Å². The Bertz CT molecular complexity index is 642. The zero-order chi connectivity index (χ0) is 20.9. The van der Waals surface area contributed by atoms with Crippen molar-refractivity contribution in [3.05, 3.63) is 11.1 Å². The second kappa shape index (κ2) is 9.77. The van der Waals surface area contributed by atoms with Gasteiger partial charge in [-0.15, -0.1) is 11.8 Å². The first-order valence-corrected chi connectivity index (χ1v) is 9.79. The molecule has 0 spiro atoms. The van der Waals surface area contributed by atoms with Gasteiger partial charge in [-0.2, -0.15) is 0 Å². The number of hydrogen-bond acceptors (Lipinski definition) is 6. The zero-order valence-electron chi connectivity index (χ0n) is 16.6. The third-order valence-corrected chi connectivity index (χ3v) is 5.40. The van der Waals surface area contributed by atoms with Crippen molar-refractivity contribution in [2.45, 2.75) is 70.7 Å². The van der Waals surface area contributed by atoms with Gasteiger partial charge in [0.1, 0.15) is 23.2 Å². The standard InChI is InChI=1S/C18H28N2O6S/c1-7-12(9(2)3)15(23)19-14-16(24)20(8-13(21)22)17(14)27-11(6)18(25)26-10(4)5/h10-11,14,17H,7-8H2,1-6H3,(H,19,23)(H,21,22). The Morgan fingerprint density at radius 2 is 1.85 bits per heavy atom. The van der Waals surface area contributed by atoms with Gasteiger partial charge < -0.3 is 20.1 Å². The molecular weight excluding hydrogens is 372 g/mol. The summed E-state index contributed by atoms with van der Waals surface area (Å²) in [5.74, 6) is -2.44. The highest BCUT2D eigenvalue weighted by Crippen LogP contribution is 2.33. The Hall–Kier alpha value is -2.03. The number of esters is 1. The van der Waals surface area contributed by atoms with Gasteiger partial charge in [0.2, 0.25) is 11.8 Å². The molecule has 9 heteroatoms. The lowest BCUT2D eigenvalue weighted by Crippen LogP contribution is -2.70. The van der Waals surface area contributed by atoms with E-state index in [0.29, 0.717) is 12.0 Å². The van der Waals surface area contributed by atoms with E-state index in [4.69, 9.17) is 9.84 Å². The van der Waals surface area contributed by atoms with E-state index >= 15 is 0 Å². The molecule has 27 heavy (non-hydrogen) atoms. The molecule has 0 saturated carbocycles. The van der Waals surface area contributed by atoms with E-state index in [9.17, 15) is 19.2 Å². The Morgan fingerprint density at radius 3 is 2.30 bits per heavy atom. The van der Waals surface area contributed by atoms with Crippen molar-refractivity contribution in [1.82, 2.24) is 10.2 Å². The summed E-state index contributed by atoms with van der Waals surface area (Å²) in [4.78, 5) is 49.0. The molecule has 0 aromatic carbocycles. The van der Waals surface area contributed by atoms with Gasteiger partial charge in [-0.3, -0.25) is 19.2 Å². The number of carbonyl (C=O) groups excluding carboxylic acids is 3. The van der Waals surface area contributed by atoms with Crippen LogP contribution in [0.4, 0.5) is 0 Å². The molecule has 1 aliphatic rings. The number of amides is 2. The number of allylic oxidation sites excluding steroid dienone is 1. The Balaban J connectivity index is 2.93. The number of carbonyl (C=O) groups is 4. The molecular formula is C18H28N2O6S. The fourth-order valence-electron chi connectivity index (χ4n) is 2.68. The summed E-state index contributed by atoms with van der Waals surface area (Å²) in [7, 11) is 0. The van der Waals surface area contributed by atoms with Crippen LogP contribution in [0.2, 0.25) is 0 Å². The van der Waals surface area contributed by atoms with Crippen LogP contribution < -0.4 is 5.32 Å². The smallest absolute Gasteiger partial charge is 0.323 e. The molecule has 152 valence electrons. The minimum Gasteiger partial charge on any atom is -0.480 e. The van der Waals surface area contributed by atoms with E-state index in [1.54, 1.807) is 20.8 Å². The molecule has 1 fully saturated rings. The maximum Gasteiger partial charge on any atom is 0.323 e. The first kappa shape index (κ1) is 23.0. The Morgan fingerprint density at radius 1 is 1.26 bits per heavy atom. The molecule has 8 nitrogen and oxygen atoms in total. The van der Waals surface area contributed by atoms with Crippen molar-refractivity contribution in [1.29, 1.82) is 0 Å². The minimum absolute atomic E-state index is 0.279. The lowest BCUT2D eigenvalue weighted by Gasteiger charge is -2.46. The third-order valence-electron chi connectivity index (χ3n) is 3.99. The molecule has 1 saturated heterocycles. The summed E-state index contributed by atoms with van der Waals surface area (Å²) < 4.78 is 5.15. The van der Waals surface area contributed by atoms with E-state index in [1.807, 2.05) is 20.8 Å². The van der Waals surface area contributed by atoms with Gasteiger partial charge in [0.15, 0.2) is 0 Å². The lowest BCUT2D eigenvalue weighted by atomic mass is 10.0. The summed E-state index contributed by atoms with van der Waals surface area (Å²) in [5.41, 5.74) is 1.43. The van der Waals surface area contributed by atoms with Crippen molar-refractivity contribution >= 4 is 35.5 Å². The van der Waals surface area contributed by atoms with Crippen molar-refractivity contribution < 1.29 is 29.0 Å². The number of hydrogen-bond donors (Lipinski definition) is 2. The van der Waals surface area contributed by atoms with Crippen LogP contribution in [-0.4, -0.2) is 63.1 Å². The van der Waals surface area contributed by atoms with E-state index in [0.717, 1.165) is 22.2 Å². The second-order valence-electron chi connectivity index (χ2n) is 6.80. The van der Waals surface area contributed by atoms with Crippen LogP contribution in [0.3, 0.4) is 0 Å². The first-order valence-electron chi connectivity index (χ1n) is 8.84. The quantitative estimate of drug-likeness (QED) is 0.343. The molecule has 1 aliphatic heterocycles. The van der Waals surface area contributed by atoms with Crippen LogP contribution in [0.15, 0.2) is 11.1 Å². The number of carboxylic acid groups (broad SMARTS) is 1. The van der Waals surface area contributed by atoms with Gasteiger partial charge in [-0.05, 0) is 41.0 Å². The number of thioether (sulfide) groups is 1. The highest BCUT2D eigenvalue weighted by Gasteiger charge is 2.50. The number of ether oxygens (including phenoxy) is 1. The maximum absolute atomic E-state index is 12.4. The molecule has 0 aliphatic carbocycles. The van der Waals surface area contributed by atoms with E-state index in [1.165, 1.54) is 0 Å². The molecule has 2 amide bonds. The summed E-state index contributed by atoms with van der Waals surface area (Å²) >= 11 is 1.10. The van der Waals surface area contributed by atoms with Crippen LogP contribution >= 0.6 is 11.8 Å². The zero-order valence-corrected chi connectivity index (χ0v) is 17.4. The van der Waals surface area contributed by atoms with Gasteiger partial charge in [0, 0.05) is 5.57 Å². The molecule has 0 bridgehead atoms. The maximum atomic E-state index is 12.4. The molecule has 3 unspecified atom stereocenters. The van der Waals surface area contributed by atoms with Gasteiger partial charge in [-0.25, -0.2) is 0 Å². The average Bonchev–Trinajstić information content (AvgIpc) is 2.55. The van der Waals surface area contributed by atoms with Crippen molar-refractivity contribution in [2.75, 3.05) is 6.54 Å². The fraction of sp³-hybridized carbons (Fsp3) is 0.667. The SMILES string of the molecule is CCC(C(=O)NC1C(=O)N(CC(=O)O)C1SC(C)C(=O)OC(C)C)=C(C)C. The van der Waals surface area contributed by atoms with Crippen LogP contribution in [0.5, 0.6) is 0 Å². The third kappa shape index (κ3) is 5.98. The first-order chi connectivity index (χ1) is 12.5. The molecule has 0 radical (unpaired) electrons. The van der Waals surface area contributed by atoms with Crippen LogP contribution in [0.25, 0.3) is 0 Å². The largest absolute Gasteiger partial charge is 0.480 e. The molecule has 2 N–H and O–H groups in total. The monoisotopic (exact) mass is 400 g/mol. The predicted octanol–water partition coefficient (Wildman–Crippen LogP) is 1.54. The summed E-state index contributed by atoms with van der Waals surface area (Å²) in [6.07, 6.45) is 0.238. The number of rotatable bonds is 9. The molecule has 1 heterocycles. The van der Waals surface area contributed by atoms with Gasteiger partial charge in [0.25, 0.3) is 0 Å². The number of likely N-dealkylation sites (tertiary alicyclic amines) is 1. The number of carboxylic acids is 1. The minimum atomic E-state index is -1.16. The fourth-order valence-corrected chi connectivity index (χ4v) is 3.94. The molecule has 3 atom stereocenters. The van der Waals surface area contributed by atoms with Crippen molar-refractivity contribution in [3.63, 3.8) is 0 Å². The molecule has 0 aromatic rings. The number of nitrogens with zero attached hydrogens (tertiary/aromatic N) is 1. The number of aliphatic carboxylic acids is 1. The second-order valence-corrected chi connectivity index (χ2v) is 8.26. The van der Waals surface area contributed by atoms with Crippen LogP contribution in [0, 0.1) is 0 Å². The topological polar surface area (TPSA) is 113 Å². The Kier molecular flexibility index (Phi) is 8.33. The average molecular weight is 400 g/mol. The van der Waals surface area contributed by atoms with Gasteiger partial charge in [0.05, 0.1) is 6.10 Å². The van der Waals surface area contributed by atoms with Gasteiger partial charge >= 0.3 is 11.9 Å². The summed E-state index contributed by atoms with van der Waals surface area (Å²) in [6.45, 7) is 10.1. The number of β-lactam (4-membered cyclic amide) rings is 1. The van der Waals surface area contributed by atoms with E-state index < -0.39 is 41.1 Å². The lowest BCUT2D eigenvalue weighted by molar-refractivity contribution is -0.155. The molecule has 0 aromatic heterocycles. The summed E-state index contributed by atoms with van der Waals surface area (Å²) in [6, 6.07) is -0.878. The van der Waals surface area contributed by atoms with Gasteiger partial charge in [-0.1, -0.05) is 12.5 Å². The highest BCUT2D eigenvalue weighted by molar-refractivity contribution is 8.01. The number of nitrogens with one attached hydrogen (secondary N) is 1. The Labute approximate surface area is 163 Å². The predicted molar refractivity (Wildman–Crippen MR) is 102 cm³/mol. The van der Waals surface area contributed by atoms with Crippen LogP contribution in [0.1, 0.15) is 48.0 Å². The normalized spacial score (nSPS) is 20.0. The summed E-state index contributed by atoms with van der Waals surface area (Å²) in [5, 5.41) is 10.4. The van der Waals surface area contributed by atoms with Crippen molar-refractivity contribution in [3.8, 4) is 0 Å². The van der Waals surface area contributed by atoms with Crippen LogP contribution in [-0.2, 0) is 23.9 Å². The highest BCUT2D eigenvalue weighted by atomic mass is 32.2. The molecule has 1 rings (SSSR count). The van der Waals surface area contributed by atoms with E-state index in [-0.39, 0.29) is 12.0 Å². The van der Waals surface area contributed by atoms with Crippen molar-refractivity contribution in [2.24, 2.45) is 0 Å².